The average molecular weight is 469 g/mol. The number of anilines is 2. The summed E-state index contributed by atoms with van der Waals surface area (Å²) < 4.78 is 65.8. The predicted molar refractivity (Wildman–Crippen MR) is 113 cm³/mol. The molecule has 0 radical (unpaired) electrons. The quantitative estimate of drug-likeness (QED) is 0.542. The third-order valence-electron chi connectivity index (χ3n) is 4.45. The number of hydrogen-bond acceptors (Lipinski definition) is 3. The van der Waals surface area contributed by atoms with E-state index in [1.807, 2.05) is 0 Å². The van der Waals surface area contributed by atoms with Gasteiger partial charge in [-0.2, -0.15) is 13.2 Å². The van der Waals surface area contributed by atoms with Crippen LogP contribution in [0.15, 0.2) is 77.7 Å². The third kappa shape index (κ3) is 5.00. The zero-order chi connectivity index (χ0) is 22.8. The molecule has 0 saturated heterocycles. The molecule has 31 heavy (non-hydrogen) atoms. The molecule has 0 aromatic heterocycles. The number of nitrogens with one attached hydrogen (secondary N) is 1. The van der Waals surface area contributed by atoms with Crippen LogP contribution in [0.5, 0.6) is 0 Å². The summed E-state index contributed by atoms with van der Waals surface area (Å²) >= 11 is 5.79. The zero-order valence-corrected chi connectivity index (χ0v) is 17.6. The first kappa shape index (κ1) is 22.6. The van der Waals surface area contributed by atoms with Crippen LogP contribution in [-0.4, -0.2) is 21.4 Å². The van der Waals surface area contributed by atoms with Gasteiger partial charge in [0.05, 0.1) is 21.8 Å². The van der Waals surface area contributed by atoms with Crippen molar-refractivity contribution in [1.29, 1.82) is 0 Å². The molecule has 162 valence electrons. The highest BCUT2D eigenvalue weighted by atomic mass is 35.5. The molecule has 0 bridgehead atoms. The predicted octanol–water partition coefficient (Wildman–Crippen LogP) is 5.44. The number of para-hydroxylation sites is 1. The van der Waals surface area contributed by atoms with Crippen molar-refractivity contribution in [1.82, 2.24) is 0 Å². The van der Waals surface area contributed by atoms with Crippen LogP contribution < -0.4 is 9.62 Å². The lowest BCUT2D eigenvalue weighted by atomic mass is 10.1. The van der Waals surface area contributed by atoms with Crippen LogP contribution in [0.4, 0.5) is 24.5 Å². The highest BCUT2D eigenvalue weighted by Crippen LogP contribution is 2.34. The summed E-state index contributed by atoms with van der Waals surface area (Å²) in [6.45, 7) is 0. The SMILES string of the molecule is CN(c1ccc(C(=O)Nc2ccccc2C(F)(F)F)cc1)S(=O)(=O)c1ccc(Cl)cc1. The Balaban J connectivity index is 1.80. The van der Waals surface area contributed by atoms with Crippen molar-refractivity contribution < 1.29 is 26.4 Å². The van der Waals surface area contributed by atoms with Gasteiger partial charge >= 0.3 is 6.18 Å². The van der Waals surface area contributed by atoms with Crippen LogP contribution in [0.25, 0.3) is 0 Å². The Morgan fingerprint density at radius 1 is 0.935 bits per heavy atom. The first-order valence-corrected chi connectivity index (χ1v) is 10.6. The third-order valence-corrected chi connectivity index (χ3v) is 6.50. The van der Waals surface area contributed by atoms with Crippen LogP contribution in [0.3, 0.4) is 0 Å². The van der Waals surface area contributed by atoms with Crippen LogP contribution in [0.2, 0.25) is 5.02 Å². The standard InChI is InChI=1S/C21H16ClF3N2O3S/c1-27(31(29,30)17-12-8-15(22)9-13-17)16-10-6-14(7-11-16)20(28)26-19-5-3-2-4-18(19)21(23,24)25/h2-13H,1H3,(H,26,28). The second kappa shape index (κ2) is 8.60. The molecular formula is C21H16ClF3N2O3S. The fourth-order valence-electron chi connectivity index (χ4n) is 2.76. The largest absolute Gasteiger partial charge is 0.418 e. The second-order valence-electron chi connectivity index (χ2n) is 6.47. The molecule has 3 aromatic carbocycles. The lowest BCUT2D eigenvalue weighted by Gasteiger charge is -2.20. The van der Waals surface area contributed by atoms with Gasteiger partial charge in [-0.15, -0.1) is 0 Å². The van der Waals surface area contributed by atoms with Crippen LogP contribution in [0.1, 0.15) is 15.9 Å². The van der Waals surface area contributed by atoms with Crippen LogP contribution >= 0.6 is 11.6 Å². The summed E-state index contributed by atoms with van der Waals surface area (Å²) in [5.41, 5.74) is -1.000. The Hall–Kier alpha value is -3.04. The van der Waals surface area contributed by atoms with E-state index < -0.39 is 27.7 Å². The summed E-state index contributed by atoms with van der Waals surface area (Å²) in [6, 6.07) is 15.7. The summed E-state index contributed by atoms with van der Waals surface area (Å²) in [5, 5.41) is 2.63. The first-order chi connectivity index (χ1) is 14.5. The normalized spacial score (nSPS) is 11.8. The number of amides is 1. The van der Waals surface area contributed by atoms with Gasteiger partial charge in [-0.05, 0) is 60.7 Å². The van der Waals surface area contributed by atoms with Crippen molar-refractivity contribution in [3.63, 3.8) is 0 Å². The number of rotatable bonds is 5. The minimum Gasteiger partial charge on any atom is -0.321 e. The number of alkyl halides is 3. The van der Waals surface area contributed by atoms with Crippen molar-refractivity contribution >= 4 is 38.9 Å². The minimum absolute atomic E-state index is 0.0324. The van der Waals surface area contributed by atoms with Gasteiger partial charge in [-0.1, -0.05) is 23.7 Å². The monoisotopic (exact) mass is 468 g/mol. The van der Waals surface area contributed by atoms with Gasteiger partial charge in [0.15, 0.2) is 0 Å². The number of nitrogens with zero attached hydrogens (tertiary/aromatic N) is 1. The van der Waals surface area contributed by atoms with Crippen LogP contribution in [-0.2, 0) is 16.2 Å². The maximum absolute atomic E-state index is 13.1. The average Bonchev–Trinajstić information content (AvgIpc) is 2.73. The van der Waals surface area contributed by atoms with Gasteiger partial charge < -0.3 is 5.32 Å². The highest BCUT2D eigenvalue weighted by molar-refractivity contribution is 7.92. The van der Waals surface area contributed by atoms with E-state index >= 15 is 0 Å². The van der Waals surface area contributed by atoms with E-state index in [1.54, 1.807) is 0 Å². The van der Waals surface area contributed by atoms with Gasteiger partial charge in [-0.25, -0.2) is 8.42 Å². The van der Waals surface area contributed by atoms with Crippen molar-refractivity contribution in [3.05, 3.63) is 88.9 Å². The van der Waals surface area contributed by atoms with Crippen molar-refractivity contribution in [2.45, 2.75) is 11.1 Å². The molecule has 5 nitrogen and oxygen atoms in total. The fraction of sp³-hybridized carbons (Fsp3) is 0.0952. The van der Waals surface area contributed by atoms with Crippen molar-refractivity contribution in [2.24, 2.45) is 0 Å². The molecule has 0 saturated carbocycles. The molecule has 1 amide bonds. The molecule has 0 aliphatic rings. The maximum Gasteiger partial charge on any atom is 0.418 e. The minimum atomic E-state index is -4.62. The van der Waals surface area contributed by atoms with Crippen molar-refractivity contribution in [2.75, 3.05) is 16.7 Å². The Morgan fingerprint density at radius 2 is 1.52 bits per heavy atom. The summed E-state index contributed by atoms with van der Waals surface area (Å²) in [6.07, 6.45) is -4.62. The van der Waals surface area contributed by atoms with Gasteiger partial charge in [-0.3, -0.25) is 9.10 Å². The second-order valence-corrected chi connectivity index (χ2v) is 8.88. The number of benzene rings is 3. The molecular weight excluding hydrogens is 453 g/mol. The van der Waals surface area contributed by atoms with Gasteiger partial charge in [0, 0.05) is 17.6 Å². The van der Waals surface area contributed by atoms with Gasteiger partial charge in [0.2, 0.25) is 0 Å². The molecule has 0 aliphatic heterocycles. The molecule has 0 heterocycles. The topological polar surface area (TPSA) is 66.5 Å². The molecule has 0 unspecified atom stereocenters. The van der Waals surface area contributed by atoms with E-state index in [-0.39, 0.29) is 21.8 Å². The van der Waals surface area contributed by atoms with Gasteiger partial charge in [0.25, 0.3) is 15.9 Å². The lowest BCUT2D eigenvalue weighted by Crippen LogP contribution is -2.26. The maximum atomic E-state index is 13.1. The Bertz CT molecular complexity index is 1200. The highest BCUT2D eigenvalue weighted by Gasteiger charge is 2.33. The number of carbonyl (C=O) groups is 1. The van der Waals surface area contributed by atoms with Gasteiger partial charge in [0.1, 0.15) is 0 Å². The first-order valence-electron chi connectivity index (χ1n) is 8.82. The van der Waals surface area contributed by atoms with E-state index in [2.05, 4.69) is 5.32 Å². The Labute approximate surface area is 182 Å². The smallest absolute Gasteiger partial charge is 0.321 e. The van der Waals surface area contributed by atoms with E-state index in [0.717, 1.165) is 16.4 Å². The fourth-order valence-corrected chi connectivity index (χ4v) is 4.08. The summed E-state index contributed by atoms with van der Waals surface area (Å²) in [4.78, 5) is 12.4. The molecule has 3 rings (SSSR count). The Kier molecular flexibility index (Phi) is 6.28. The molecule has 3 aromatic rings. The Morgan fingerprint density at radius 3 is 2.10 bits per heavy atom. The molecule has 0 atom stereocenters. The van der Waals surface area contributed by atoms with E-state index in [4.69, 9.17) is 11.6 Å². The molecule has 1 N–H and O–H groups in total. The van der Waals surface area contributed by atoms with E-state index in [0.29, 0.717) is 5.02 Å². The lowest BCUT2D eigenvalue weighted by molar-refractivity contribution is -0.136. The van der Waals surface area contributed by atoms with Crippen LogP contribution in [0, 0.1) is 0 Å². The summed E-state index contributed by atoms with van der Waals surface area (Å²) in [7, 11) is -2.52. The van der Waals surface area contributed by atoms with Crippen molar-refractivity contribution in [3.8, 4) is 0 Å². The number of carbonyl (C=O) groups excluding carboxylic acids is 1. The molecule has 0 fully saturated rings. The summed E-state index contributed by atoms with van der Waals surface area (Å²) in [5.74, 6) is -0.758. The zero-order valence-electron chi connectivity index (χ0n) is 16.0. The molecule has 0 aliphatic carbocycles. The number of hydrogen-bond donors (Lipinski definition) is 1. The number of halogens is 4. The molecule has 10 heteroatoms. The number of sulfonamides is 1. The van der Waals surface area contributed by atoms with E-state index in [9.17, 15) is 26.4 Å². The molecule has 0 spiro atoms. The van der Waals surface area contributed by atoms with E-state index in [1.165, 1.54) is 67.7 Å².